The van der Waals surface area contributed by atoms with Gasteiger partial charge >= 0.3 is 0 Å². The fourth-order valence-corrected chi connectivity index (χ4v) is 1.56. The molecule has 0 radical (unpaired) electrons. The molecule has 0 amide bonds. The molecule has 0 aliphatic carbocycles. The van der Waals surface area contributed by atoms with Crippen LogP contribution in [0, 0.1) is 14.9 Å². The fourth-order valence-electron chi connectivity index (χ4n) is 0.939. The monoisotopic (exact) mass is 309 g/mol. The standard InChI is InChI=1S/C8H6F2IN3/c9-8(10)5-1-4(2-12)7(11)6(3-13)14-5/h1,8H,2,12H2. The van der Waals surface area contributed by atoms with E-state index < -0.39 is 12.1 Å². The quantitative estimate of drug-likeness (QED) is 0.849. The average molecular weight is 309 g/mol. The SMILES string of the molecule is N#Cc1nc(C(F)F)cc(CN)c1I. The normalized spacial score (nSPS) is 10.3. The summed E-state index contributed by atoms with van der Waals surface area (Å²) in [5.74, 6) is 0. The summed E-state index contributed by atoms with van der Waals surface area (Å²) < 4.78 is 25.2. The third kappa shape index (κ3) is 2.16. The Bertz CT molecular complexity index is 387. The van der Waals surface area contributed by atoms with Crippen LogP contribution in [0.25, 0.3) is 0 Å². The van der Waals surface area contributed by atoms with Gasteiger partial charge in [0.1, 0.15) is 11.8 Å². The van der Waals surface area contributed by atoms with E-state index in [9.17, 15) is 8.78 Å². The van der Waals surface area contributed by atoms with E-state index >= 15 is 0 Å². The maximum Gasteiger partial charge on any atom is 0.280 e. The Morgan fingerprint density at radius 1 is 1.64 bits per heavy atom. The van der Waals surface area contributed by atoms with E-state index in [4.69, 9.17) is 11.0 Å². The van der Waals surface area contributed by atoms with Crippen LogP contribution < -0.4 is 5.73 Å². The highest BCUT2D eigenvalue weighted by molar-refractivity contribution is 14.1. The molecule has 0 aliphatic heterocycles. The van der Waals surface area contributed by atoms with Crippen LogP contribution >= 0.6 is 22.6 Å². The first-order valence-electron chi connectivity index (χ1n) is 3.67. The number of rotatable bonds is 2. The number of pyridine rings is 1. The highest BCUT2D eigenvalue weighted by Crippen LogP contribution is 2.22. The van der Waals surface area contributed by atoms with Gasteiger partial charge < -0.3 is 5.73 Å². The summed E-state index contributed by atoms with van der Waals surface area (Å²) in [6, 6.07) is 2.99. The van der Waals surface area contributed by atoms with Gasteiger partial charge in [0.2, 0.25) is 0 Å². The molecule has 3 nitrogen and oxygen atoms in total. The molecule has 1 aromatic heterocycles. The molecule has 0 aromatic carbocycles. The van der Waals surface area contributed by atoms with Crippen molar-refractivity contribution in [1.29, 1.82) is 5.26 Å². The number of hydrogen-bond acceptors (Lipinski definition) is 3. The molecule has 0 unspecified atom stereocenters. The molecular formula is C8H6F2IN3. The predicted octanol–water partition coefficient (Wildman–Crippen LogP) is 1.95. The summed E-state index contributed by atoms with van der Waals surface area (Å²) >= 11 is 1.87. The molecule has 1 aromatic rings. The molecule has 14 heavy (non-hydrogen) atoms. The summed E-state index contributed by atoms with van der Waals surface area (Å²) in [5.41, 5.74) is 5.48. The highest BCUT2D eigenvalue weighted by Gasteiger charge is 2.14. The van der Waals surface area contributed by atoms with E-state index in [0.717, 1.165) is 0 Å². The molecule has 0 spiro atoms. The lowest BCUT2D eigenvalue weighted by Crippen LogP contribution is -2.05. The molecule has 1 rings (SSSR count). The minimum atomic E-state index is -2.68. The zero-order valence-electron chi connectivity index (χ0n) is 6.97. The van der Waals surface area contributed by atoms with Crippen molar-refractivity contribution >= 4 is 22.6 Å². The van der Waals surface area contributed by atoms with Gasteiger partial charge in [0.25, 0.3) is 6.43 Å². The van der Waals surface area contributed by atoms with Gasteiger partial charge in [0.05, 0.1) is 3.57 Å². The number of nitrogens with zero attached hydrogens (tertiary/aromatic N) is 2. The molecule has 0 fully saturated rings. The van der Waals surface area contributed by atoms with Gasteiger partial charge in [0, 0.05) is 6.54 Å². The van der Waals surface area contributed by atoms with Crippen molar-refractivity contribution < 1.29 is 8.78 Å². The molecule has 0 bridgehead atoms. The van der Waals surface area contributed by atoms with Gasteiger partial charge in [-0.2, -0.15) is 5.26 Å². The topological polar surface area (TPSA) is 62.7 Å². The molecule has 2 N–H and O–H groups in total. The molecule has 0 saturated carbocycles. The summed E-state index contributed by atoms with van der Waals surface area (Å²) in [5, 5.41) is 8.64. The number of hydrogen-bond donors (Lipinski definition) is 1. The second-order valence-electron chi connectivity index (χ2n) is 2.49. The average Bonchev–Trinajstić information content (AvgIpc) is 2.17. The van der Waals surface area contributed by atoms with Crippen molar-refractivity contribution in [2.75, 3.05) is 0 Å². The molecule has 0 aliphatic rings. The smallest absolute Gasteiger partial charge is 0.280 e. The van der Waals surface area contributed by atoms with Crippen molar-refractivity contribution in [1.82, 2.24) is 4.98 Å². The Labute approximate surface area is 93.1 Å². The van der Waals surface area contributed by atoms with Gasteiger partial charge in [-0.25, -0.2) is 13.8 Å². The van der Waals surface area contributed by atoms with Crippen LogP contribution in [0.5, 0.6) is 0 Å². The van der Waals surface area contributed by atoms with E-state index in [1.807, 2.05) is 22.6 Å². The third-order valence-electron chi connectivity index (χ3n) is 1.60. The maximum atomic E-state index is 12.3. The van der Waals surface area contributed by atoms with E-state index in [2.05, 4.69) is 4.98 Å². The molecular weight excluding hydrogens is 303 g/mol. The summed E-state index contributed by atoms with van der Waals surface area (Å²) in [6.45, 7) is 0.120. The van der Waals surface area contributed by atoms with Gasteiger partial charge in [-0.1, -0.05) is 0 Å². The number of alkyl halides is 2. The third-order valence-corrected chi connectivity index (χ3v) is 2.81. The fraction of sp³-hybridized carbons (Fsp3) is 0.250. The number of aromatic nitrogens is 1. The van der Waals surface area contributed by atoms with Crippen molar-refractivity contribution in [3.8, 4) is 6.07 Å². The van der Waals surface area contributed by atoms with Crippen molar-refractivity contribution in [3.63, 3.8) is 0 Å². The molecule has 0 atom stereocenters. The Hall–Kier alpha value is -0.810. The van der Waals surface area contributed by atoms with Gasteiger partial charge in [-0.15, -0.1) is 0 Å². The predicted molar refractivity (Wildman–Crippen MR) is 54.5 cm³/mol. The van der Waals surface area contributed by atoms with E-state index in [1.54, 1.807) is 6.07 Å². The molecule has 6 heteroatoms. The highest BCUT2D eigenvalue weighted by atomic mass is 127. The number of nitriles is 1. The minimum absolute atomic E-state index is 0.00356. The largest absolute Gasteiger partial charge is 0.326 e. The van der Waals surface area contributed by atoms with Crippen LogP contribution in [0.3, 0.4) is 0 Å². The lowest BCUT2D eigenvalue weighted by Gasteiger charge is -2.06. The van der Waals surface area contributed by atoms with Crippen LogP contribution in [0.4, 0.5) is 8.78 Å². The molecule has 1 heterocycles. The second-order valence-corrected chi connectivity index (χ2v) is 3.56. The Kier molecular flexibility index (Phi) is 3.71. The Morgan fingerprint density at radius 2 is 2.29 bits per heavy atom. The van der Waals surface area contributed by atoms with Crippen molar-refractivity contribution in [2.24, 2.45) is 5.73 Å². The Balaban J connectivity index is 3.34. The zero-order chi connectivity index (χ0) is 10.7. The van der Waals surface area contributed by atoms with E-state index in [0.29, 0.717) is 9.13 Å². The van der Waals surface area contributed by atoms with Crippen LogP contribution in [-0.2, 0) is 6.54 Å². The first kappa shape index (κ1) is 11.3. The Morgan fingerprint density at radius 3 is 2.71 bits per heavy atom. The van der Waals surface area contributed by atoms with Crippen LogP contribution in [-0.4, -0.2) is 4.98 Å². The second kappa shape index (κ2) is 4.61. The molecule has 74 valence electrons. The van der Waals surface area contributed by atoms with Gasteiger partial charge in [0.15, 0.2) is 5.69 Å². The molecule has 0 saturated heterocycles. The van der Waals surface area contributed by atoms with Crippen molar-refractivity contribution in [3.05, 3.63) is 26.6 Å². The van der Waals surface area contributed by atoms with E-state index in [-0.39, 0.29) is 12.2 Å². The zero-order valence-corrected chi connectivity index (χ0v) is 9.12. The van der Waals surface area contributed by atoms with Crippen LogP contribution in [0.2, 0.25) is 0 Å². The maximum absolute atomic E-state index is 12.3. The first-order chi connectivity index (χ1) is 6.60. The van der Waals surface area contributed by atoms with E-state index in [1.165, 1.54) is 6.07 Å². The van der Waals surface area contributed by atoms with Gasteiger partial charge in [-0.05, 0) is 34.2 Å². The van der Waals surface area contributed by atoms with Crippen LogP contribution in [0.1, 0.15) is 23.4 Å². The van der Waals surface area contributed by atoms with Crippen molar-refractivity contribution in [2.45, 2.75) is 13.0 Å². The lowest BCUT2D eigenvalue weighted by molar-refractivity contribution is 0.146. The minimum Gasteiger partial charge on any atom is -0.326 e. The summed E-state index contributed by atoms with van der Waals surface area (Å²) in [6.07, 6.45) is -2.68. The number of halogens is 3. The summed E-state index contributed by atoms with van der Waals surface area (Å²) in [7, 11) is 0. The van der Waals surface area contributed by atoms with Crippen LogP contribution in [0.15, 0.2) is 6.07 Å². The number of nitrogens with two attached hydrogens (primary N) is 1. The lowest BCUT2D eigenvalue weighted by atomic mass is 10.2. The first-order valence-corrected chi connectivity index (χ1v) is 4.75. The van der Waals surface area contributed by atoms with Gasteiger partial charge in [-0.3, -0.25) is 0 Å². The summed E-state index contributed by atoms with van der Waals surface area (Å²) in [4.78, 5) is 3.52.